The highest BCUT2D eigenvalue weighted by Gasteiger charge is 2.08. The van der Waals surface area contributed by atoms with Gasteiger partial charge in [-0.1, -0.05) is 48.5 Å². The van der Waals surface area contributed by atoms with Gasteiger partial charge in [0.25, 0.3) is 5.56 Å². The minimum absolute atomic E-state index is 0.148. The van der Waals surface area contributed by atoms with Crippen molar-refractivity contribution < 1.29 is 4.79 Å². The third kappa shape index (κ3) is 3.41. The van der Waals surface area contributed by atoms with Crippen molar-refractivity contribution in [2.75, 3.05) is 0 Å². The number of amides is 1. The molecule has 0 aliphatic heterocycles. The first-order valence-electron chi connectivity index (χ1n) is 7.61. The second-order valence-corrected chi connectivity index (χ2v) is 5.38. The summed E-state index contributed by atoms with van der Waals surface area (Å²) in [6, 6.07) is 16.9. The zero-order valence-electron chi connectivity index (χ0n) is 13.3. The van der Waals surface area contributed by atoms with Gasteiger partial charge < -0.3 is 5.32 Å². The van der Waals surface area contributed by atoms with Crippen LogP contribution in [-0.4, -0.2) is 15.7 Å². The van der Waals surface area contributed by atoms with Gasteiger partial charge in [0.05, 0.1) is 17.6 Å². The molecular formula is C19H17N3O2. The van der Waals surface area contributed by atoms with Gasteiger partial charge in [-0.3, -0.25) is 9.59 Å². The second kappa shape index (κ2) is 6.91. The first-order chi connectivity index (χ1) is 11.6. The molecule has 3 rings (SSSR count). The minimum Gasteiger partial charge on any atom is -0.347 e. The van der Waals surface area contributed by atoms with E-state index < -0.39 is 0 Å². The number of aromatic nitrogens is 2. The number of rotatable bonds is 4. The number of carbonyl (C=O) groups excluding carboxylic acids is 1. The summed E-state index contributed by atoms with van der Waals surface area (Å²) in [6.45, 7) is 0.257. The van der Waals surface area contributed by atoms with E-state index in [0.717, 1.165) is 10.9 Å². The number of fused-ring (bicyclic) bond motifs is 1. The maximum atomic E-state index is 12.1. The lowest BCUT2D eigenvalue weighted by atomic mass is 10.1. The van der Waals surface area contributed by atoms with E-state index in [1.54, 1.807) is 19.2 Å². The van der Waals surface area contributed by atoms with Crippen molar-refractivity contribution >= 4 is 22.8 Å². The molecule has 1 aromatic heterocycles. The fraction of sp³-hybridized carbons (Fsp3) is 0.105. The van der Waals surface area contributed by atoms with Crippen molar-refractivity contribution in [3.05, 3.63) is 82.3 Å². The molecule has 0 aliphatic rings. The SMILES string of the molecule is Cn1nc(CNC(=O)C=Cc2ccccc2)c2ccccc2c1=O. The molecule has 0 bridgehead atoms. The third-order valence-corrected chi connectivity index (χ3v) is 3.69. The van der Waals surface area contributed by atoms with Crippen molar-refractivity contribution in [2.24, 2.45) is 7.05 Å². The first kappa shape index (κ1) is 15.7. The van der Waals surface area contributed by atoms with Crippen LogP contribution >= 0.6 is 0 Å². The smallest absolute Gasteiger partial charge is 0.274 e. The fourth-order valence-corrected chi connectivity index (χ4v) is 2.47. The quantitative estimate of drug-likeness (QED) is 0.750. The van der Waals surface area contributed by atoms with Gasteiger partial charge in [-0.2, -0.15) is 5.10 Å². The normalized spacial score (nSPS) is 11.0. The molecule has 3 aromatic rings. The molecule has 0 aliphatic carbocycles. The lowest BCUT2D eigenvalue weighted by Crippen LogP contribution is -2.26. The molecule has 24 heavy (non-hydrogen) atoms. The molecule has 2 aromatic carbocycles. The summed E-state index contributed by atoms with van der Waals surface area (Å²) < 4.78 is 1.30. The molecule has 5 nitrogen and oxygen atoms in total. The Bertz CT molecular complexity index is 959. The van der Waals surface area contributed by atoms with Gasteiger partial charge in [0.1, 0.15) is 0 Å². The number of aryl methyl sites for hydroxylation is 1. The number of hydrogen-bond acceptors (Lipinski definition) is 3. The van der Waals surface area contributed by atoms with E-state index in [1.807, 2.05) is 48.5 Å². The zero-order chi connectivity index (χ0) is 16.9. The maximum Gasteiger partial charge on any atom is 0.274 e. The lowest BCUT2D eigenvalue weighted by Gasteiger charge is -2.08. The molecule has 1 amide bonds. The van der Waals surface area contributed by atoms with E-state index in [4.69, 9.17) is 0 Å². The van der Waals surface area contributed by atoms with Gasteiger partial charge in [-0.05, 0) is 17.7 Å². The third-order valence-electron chi connectivity index (χ3n) is 3.69. The van der Waals surface area contributed by atoms with Crippen molar-refractivity contribution in [3.8, 4) is 0 Å². The molecule has 0 saturated heterocycles. The Morgan fingerprint density at radius 2 is 1.75 bits per heavy atom. The number of nitrogens with zero attached hydrogens (tertiary/aromatic N) is 2. The van der Waals surface area contributed by atoms with Gasteiger partial charge >= 0.3 is 0 Å². The molecule has 0 unspecified atom stereocenters. The maximum absolute atomic E-state index is 12.1. The Labute approximate surface area is 139 Å². The largest absolute Gasteiger partial charge is 0.347 e. The van der Waals surface area contributed by atoms with Crippen LogP contribution in [0.1, 0.15) is 11.3 Å². The second-order valence-electron chi connectivity index (χ2n) is 5.38. The minimum atomic E-state index is -0.210. The molecule has 0 atom stereocenters. The Balaban J connectivity index is 1.76. The monoisotopic (exact) mass is 319 g/mol. The van der Waals surface area contributed by atoms with E-state index in [0.29, 0.717) is 11.1 Å². The van der Waals surface area contributed by atoms with Gasteiger partial charge in [0.15, 0.2) is 0 Å². The molecule has 0 saturated carbocycles. The molecule has 0 radical (unpaired) electrons. The summed E-state index contributed by atoms with van der Waals surface area (Å²) in [5.74, 6) is -0.210. The predicted molar refractivity (Wildman–Crippen MR) is 94.3 cm³/mol. The van der Waals surface area contributed by atoms with Crippen LogP contribution in [0.15, 0.2) is 65.5 Å². The number of nitrogens with one attached hydrogen (secondary N) is 1. The van der Waals surface area contributed by atoms with Gasteiger partial charge in [-0.25, -0.2) is 4.68 Å². The Kier molecular flexibility index (Phi) is 4.52. The molecule has 1 N–H and O–H groups in total. The summed E-state index contributed by atoms with van der Waals surface area (Å²) in [6.07, 6.45) is 3.24. The van der Waals surface area contributed by atoms with E-state index in [9.17, 15) is 9.59 Å². The summed E-state index contributed by atoms with van der Waals surface area (Å²) in [5.41, 5.74) is 1.47. The van der Waals surface area contributed by atoms with Gasteiger partial charge in [0, 0.05) is 18.5 Å². The lowest BCUT2D eigenvalue weighted by molar-refractivity contribution is -0.116. The Morgan fingerprint density at radius 1 is 1.08 bits per heavy atom. The van der Waals surface area contributed by atoms with Crippen LogP contribution in [0.25, 0.3) is 16.8 Å². The summed E-state index contributed by atoms with van der Waals surface area (Å²) in [5, 5.41) is 8.41. The summed E-state index contributed by atoms with van der Waals surface area (Å²) >= 11 is 0. The van der Waals surface area contributed by atoms with E-state index >= 15 is 0 Å². The van der Waals surface area contributed by atoms with Crippen LogP contribution in [0.3, 0.4) is 0 Å². The fourth-order valence-electron chi connectivity index (χ4n) is 2.47. The molecule has 120 valence electrons. The van der Waals surface area contributed by atoms with Crippen LogP contribution in [0.5, 0.6) is 0 Å². The van der Waals surface area contributed by atoms with Gasteiger partial charge in [0.2, 0.25) is 5.91 Å². The molecule has 0 fully saturated rings. The van der Waals surface area contributed by atoms with E-state index in [-0.39, 0.29) is 18.0 Å². The molecular weight excluding hydrogens is 302 g/mol. The summed E-state index contributed by atoms with van der Waals surface area (Å²) in [4.78, 5) is 24.1. The van der Waals surface area contributed by atoms with Crippen LogP contribution < -0.4 is 10.9 Å². The Hall–Kier alpha value is -3.21. The van der Waals surface area contributed by atoms with Crippen LogP contribution in [0.4, 0.5) is 0 Å². The van der Waals surface area contributed by atoms with Crippen LogP contribution in [0.2, 0.25) is 0 Å². The predicted octanol–water partition coefficient (Wildman–Crippen LogP) is 2.26. The molecule has 5 heteroatoms. The Morgan fingerprint density at radius 3 is 2.50 bits per heavy atom. The number of benzene rings is 2. The van der Waals surface area contributed by atoms with Crippen molar-refractivity contribution in [3.63, 3.8) is 0 Å². The average molecular weight is 319 g/mol. The van der Waals surface area contributed by atoms with Crippen LogP contribution in [0, 0.1) is 0 Å². The standard InChI is InChI=1S/C19H17N3O2/c1-22-19(24)16-10-6-5-9-15(16)17(21-22)13-20-18(23)12-11-14-7-3-2-4-8-14/h2-12H,13H2,1H3,(H,20,23). The number of carbonyl (C=O) groups is 1. The highest BCUT2D eigenvalue weighted by molar-refractivity contribution is 5.92. The van der Waals surface area contributed by atoms with Crippen molar-refractivity contribution in [2.45, 2.75) is 6.54 Å². The van der Waals surface area contributed by atoms with Crippen molar-refractivity contribution in [1.82, 2.24) is 15.1 Å². The van der Waals surface area contributed by atoms with Crippen LogP contribution in [-0.2, 0) is 18.4 Å². The first-order valence-corrected chi connectivity index (χ1v) is 7.61. The highest BCUT2D eigenvalue weighted by Crippen LogP contribution is 2.12. The van der Waals surface area contributed by atoms with E-state index in [2.05, 4.69) is 10.4 Å². The number of hydrogen-bond donors (Lipinski definition) is 1. The molecule has 1 heterocycles. The highest BCUT2D eigenvalue weighted by atomic mass is 16.1. The molecule has 0 spiro atoms. The van der Waals surface area contributed by atoms with Crippen molar-refractivity contribution in [1.29, 1.82) is 0 Å². The topological polar surface area (TPSA) is 64.0 Å². The average Bonchev–Trinajstić information content (AvgIpc) is 2.62. The van der Waals surface area contributed by atoms with Gasteiger partial charge in [-0.15, -0.1) is 0 Å². The summed E-state index contributed by atoms with van der Waals surface area (Å²) in [7, 11) is 1.61. The van der Waals surface area contributed by atoms with E-state index in [1.165, 1.54) is 10.8 Å². The zero-order valence-corrected chi connectivity index (χ0v) is 13.3.